The van der Waals surface area contributed by atoms with Gasteiger partial charge in [-0.25, -0.2) is 9.50 Å². The lowest BCUT2D eigenvalue weighted by atomic mass is 10.2. The molecule has 0 bridgehead atoms. The number of benzene rings is 1. The molecule has 0 saturated carbocycles. The number of hydrogen-bond donors (Lipinski definition) is 1. The standard InChI is InChI=1S/C19H20N6O2/c1-4-24-11-13-8-16(17(27-12(2)3)9-15(13)23-24)22-19(26)14-10-21-25-7-5-6-20-18(14)25/h5-12H,4H2,1-3H3,(H,22,26). The molecule has 138 valence electrons. The summed E-state index contributed by atoms with van der Waals surface area (Å²) < 4.78 is 9.32. The van der Waals surface area contributed by atoms with E-state index in [2.05, 4.69) is 20.5 Å². The minimum Gasteiger partial charge on any atom is -0.489 e. The summed E-state index contributed by atoms with van der Waals surface area (Å²) in [6.07, 6.45) is 6.80. The van der Waals surface area contributed by atoms with Gasteiger partial charge in [-0.3, -0.25) is 9.48 Å². The van der Waals surface area contributed by atoms with Gasteiger partial charge in [0.2, 0.25) is 0 Å². The van der Waals surface area contributed by atoms with Crippen molar-refractivity contribution >= 4 is 28.1 Å². The number of aromatic nitrogens is 5. The summed E-state index contributed by atoms with van der Waals surface area (Å²) in [6.45, 7) is 6.67. The van der Waals surface area contributed by atoms with Crippen molar-refractivity contribution in [1.82, 2.24) is 24.4 Å². The van der Waals surface area contributed by atoms with Gasteiger partial charge in [-0.2, -0.15) is 10.2 Å². The zero-order valence-electron chi connectivity index (χ0n) is 15.4. The highest BCUT2D eigenvalue weighted by Gasteiger charge is 2.17. The van der Waals surface area contributed by atoms with Gasteiger partial charge in [0.1, 0.15) is 11.3 Å². The quantitative estimate of drug-likeness (QED) is 0.588. The molecule has 1 aromatic carbocycles. The van der Waals surface area contributed by atoms with E-state index < -0.39 is 0 Å². The molecule has 0 aliphatic rings. The van der Waals surface area contributed by atoms with Crippen LogP contribution in [0.15, 0.2) is 43.0 Å². The number of ether oxygens (including phenoxy) is 1. The van der Waals surface area contributed by atoms with Crippen molar-refractivity contribution in [2.24, 2.45) is 0 Å². The number of nitrogens with zero attached hydrogens (tertiary/aromatic N) is 5. The number of carbonyl (C=O) groups is 1. The summed E-state index contributed by atoms with van der Waals surface area (Å²) in [7, 11) is 0. The molecule has 0 saturated heterocycles. The van der Waals surface area contributed by atoms with Crippen molar-refractivity contribution in [3.8, 4) is 5.75 Å². The maximum Gasteiger partial charge on any atom is 0.261 e. The van der Waals surface area contributed by atoms with Gasteiger partial charge in [-0.1, -0.05) is 0 Å². The number of anilines is 1. The maximum atomic E-state index is 12.8. The summed E-state index contributed by atoms with van der Waals surface area (Å²) in [5.41, 5.74) is 2.31. The third-order valence-corrected chi connectivity index (χ3v) is 4.11. The smallest absolute Gasteiger partial charge is 0.261 e. The van der Waals surface area contributed by atoms with Crippen molar-refractivity contribution < 1.29 is 9.53 Å². The van der Waals surface area contributed by atoms with Gasteiger partial charge < -0.3 is 10.1 Å². The zero-order chi connectivity index (χ0) is 19.0. The first-order chi connectivity index (χ1) is 13.0. The van der Waals surface area contributed by atoms with Gasteiger partial charge >= 0.3 is 0 Å². The molecule has 8 heteroatoms. The Kier molecular flexibility index (Phi) is 4.23. The molecule has 0 aliphatic heterocycles. The van der Waals surface area contributed by atoms with E-state index in [9.17, 15) is 4.79 Å². The second-order valence-corrected chi connectivity index (χ2v) is 6.46. The Labute approximate surface area is 155 Å². The second kappa shape index (κ2) is 6.71. The Hall–Kier alpha value is -3.42. The molecule has 4 rings (SSSR count). The average Bonchev–Trinajstić information content (AvgIpc) is 3.24. The first-order valence-corrected chi connectivity index (χ1v) is 8.82. The predicted molar refractivity (Wildman–Crippen MR) is 102 cm³/mol. The van der Waals surface area contributed by atoms with E-state index >= 15 is 0 Å². The summed E-state index contributed by atoms with van der Waals surface area (Å²) in [6, 6.07) is 5.49. The highest BCUT2D eigenvalue weighted by molar-refractivity contribution is 6.09. The summed E-state index contributed by atoms with van der Waals surface area (Å²) in [4.78, 5) is 17.1. The van der Waals surface area contributed by atoms with E-state index in [0.29, 0.717) is 22.6 Å². The second-order valence-electron chi connectivity index (χ2n) is 6.46. The Morgan fingerprint density at radius 2 is 2.19 bits per heavy atom. The predicted octanol–water partition coefficient (Wildman–Crippen LogP) is 3.14. The van der Waals surface area contributed by atoms with E-state index in [1.807, 2.05) is 43.8 Å². The first-order valence-electron chi connectivity index (χ1n) is 8.82. The topological polar surface area (TPSA) is 86.3 Å². The Morgan fingerprint density at radius 1 is 1.33 bits per heavy atom. The monoisotopic (exact) mass is 364 g/mol. The summed E-state index contributed by atoms with van der Waals surface area (Å²) in [5.74, 6) is 0.288. The van der Waals surface area contributed by atoms with E-state index in [1.165, 1.54) is 6.20 Å². The van der Waals surface area contributed by atoms with Crippen LogP contribution in [0.1, 0.15) is 31.1 Å². The third-order valence-electron chi connectivity index (χ3n) is 4.11. The van der Waals surface area contributed by atoms with Crippen LogP contribution in [0.4, 0.5) is 5.69 Å². The average molecular weight is 364 g/mol. The molecule has 3 aromatic heterocycles. The maximum absolute atomic E-state index is 12.8. The highest BCUT2D eigenvalue weighted by Crippen LogP contribution is 2.31. The van der Waals surface area contributed by atoms with Crippen molar-refractivity contribution in [2.75, 3.05) is 5.32 Å². The van der Waals surface area contributed by atoms with Crippen molar-refractivity contribution in [2.45, 2.75) is 33.4 Å². The molecule has 0 fully saturated rings. The molecule has 3 heterocycles. The van der Waals surface area contributed by atoms with Gasteiger partial charge in [0.05, 0.1) is 23.5 Å². The molecule has 0 spiro atoms. The molecule has 0 unspecified atom stereocenters. The molecule has 1 N–H and O–H groups in total. The number of nitrogens with one attached hydrogen (secondary N) is 1. The Bertz CT molecular complexity index is 1130. The van der Waals surface area contributed by atoms with Crippen LogP contribution in [-0.4, -0.2) is 36.4 Å². The number of carbonyl (C=O) groups excluding carboxylic acids is 1. The molecule has 27 heavy (non-hydrogen) atoms. The van der Waals surface area contributed by atoms with Gasteiger partial charge in [0, 0.05) is 36.6 Å². The Morgan fingerprint density at radius 3 is 2.96 bits per heavy atom. The zero-order valence-corrected chi connectivity index (χ0v) is 15.4. The minimum absolute atomic E-state index is 0.0370. The number of hydrogen-bond acceptors (Lipinski definition) is 5. The van der Waals surface area contributed by atoms with E-state index in [1.54, 1.807) is 23.0 Å². The molecule has 0 radical (unpaired) electrons. The molecule has 0 atom stereocenters. The largest absolute Gasteiger partial charge is 0.489 e. The van der Waals surface area contributed by atoms with E-state index in [0.717, 1.165) is 17.4 Å². The third kappa shape index (κ3) is 3.21. The van der Waals surface area contributed by atoms with Crippen LogP contribution in [0.3, 0.4) is 0 Å². The number of rotatable bonds is 5. The molecule has 0 aliphatic carbocycles. The lowest BCUT2D eigenvalue weighted by Crippen LogP contribution is -2.14. The summed E-state index contributed by atoms with van der Waals surface area (Å²) in [5, 5.41) is 12.5. The molecule has 1 amide bonds. The van der Waals surface area contributed by atoms with Gasteiger partial charge in [-0.15, -0.1) is 0 Å². The molecule has 4 aromatic rings. The number of fused-ring (bicyclic) bond motifs is 2. The van der Waals surface area contributed by atoms with Crippen LogP contribution in [0.5, 0.6) is 5.75 Å². The number of aryl methyl sites for hydroxylation is 1. The minimum atomic E-state index is -0.292. The molecule has 8 nitrogen and oxygen atoms in total. The van der Waals surface area contributed by atoms with Crippen LogP contribution in [0.2, 0.25) is 0 Å². The lowest BCUT2D eigenvalue weighted by Gasteiger charge is -2.15. The fourth-order valence-electron chi connectivity index (χ4n) is 2.89. The normalized spacial score (nSPS) is 11.4. The van der Waals surface area contributed by atoms with Gasteiger partial charge in [-0.05, 0) is 32.9 Å². The fraction of sp³-hybridized carbons (Fsp3) is 0.263. The van der Waals surface area contributed by atoms with Crippen LogP contribution in [0.25, 0.3) is 16.6 Å². The molecular formula is C19H20N6O2. The lowest BCUT2D eigenvalue weighted by molar-refractivity contribution is 0.102. The van der Waals surface area contributed by atoms with Crippen LogP contribution in [-0.2, 0) is 6.54 Å². The fourth-order valence-corrected chi connectivity index (χ4v) is 2.89. The summed E-state index contributed by atoms with van der Waals surface area (Å²) >= 11 is 0. The van der Waals surface area contributed by atoms with Crippen molar-refractivity contribution in [3.63, 3.8) is 0 Å². The van der Waals surface area contributed by atoms with Gasteiger partial charge in [0.25, 0.3) is 5.91 Å². The van der Waals surface area contributed by atoms with E-state index in [-0.39, 0.29) is 12.0 Å². The van der Waals surface area contributed by atoms with Crippen molar-refractivity contribution in [3.05, 3.63) is 48.5 Å². The Balaban J connectivity index is 1.73. The van der Waals surface area contributed by atoms with Crippen LogP contribution >= 0.6 is 0 Å². The van der Waals surface area contributed by atoms with E-state index in [4.69, 9.17) is 4.74 Å². The van der Waals surface area contributed by atoms with Crippen LogP contribution in [0, 0.1) is 0 Å². The number of amides is 1. The SMILES string of the molecule is CCn1cc2cc(NC(=O)c3cnn4cccnc34)c(OC(C)C)cc2n1. The van der Waals surface area contributed by atoms with Gasteiger partial charge in [0.15, 0.2) is 5.65 Å². The highest BCUT2D eigenvalue weighted by atomic mass is 16.5. The van der Waals surface area contributed by atoms with Crippen molar-refractivity contribution in [1.29, 1.82) is 0 Å². The first kappa shape index (κ1) is 17.0. The van der Waals surface area contributed by atoms with Crippen LogP contribution < -0.4 is 10.1 Å². The molecular weight excluding hydrogens is 344 g/mol.